The third-order valence-electron chi connectivity index (χ3n) is 2.43. The van der Waals surface area contributed by atoms with Crippen LogP contribution in [0.25, 0.3) is 10.8 Å². The highest BCUT2D eigenvalue weighted by Crippen LogP contribution is 2.21. The number of nitrogen functional groups attached to an aromatic ring is 1. The summed E-state index contributed by atoms with van der Waals surface area (Å²) in [4.78, 5) is 16.1. The Morgan fingerprint density at radius 2 is 2.06 bits per heavy atom. The van der Waals surface area contributed by atoms with Crippen molar-refractivity contribution in [3.05, 3.63) is 36.0 Å². The fraction of sp³-hybridized carbons (Fsp3) is 0.167. The zero-order valence-corrected chi connectivity index (χ0v) is 10.3. The fourth-order valence-electron chi connectivity index (χ4n) is 1.69. The number of hydrazine groups is 2. The summed E-state index contributed by atoms with van der Waals surface area (Å²) in [5, 5.41) is 3.35. The lowest BCUT2D eigenvalue weighted by atomic mass is 10.1. The Balaban J connectivity index is 2.50. The Hall–Kier alpha value is -2.18. The van der Waals surface area contributed by atoms with Crippen LogP contribution in [0.5, 0.6) is 0 Å². The van der Waals surface area contributed by atoms with Gasteiger partial charge in [0.15, 0.2) is 0 Å². The van der Waals surface area contributed by atoms with E-state index in [2.05, 4.69) is 15.8 Å². The van der Waals surface area contributed by atoms with Crippen LogP contribution in [0.1, 0.15) is 10.5 Å². The van der Waals surface area contributed by atoms with Crippen molar-refractivity contribution in [2.45, 2.75) is 0 Å². The van der Waals surface area contributed by atoms with E-state index in [4.69, 9.17) is 5.84 Å². The molecule has 2 aromatic rings. The predicted molar refractivity (Wildman–Crippen MR) is 70.7 cm³/mol. The van der Waals surface area contributed by atoms with Gasteiger partial charge in [-0.15, -0.1) is 0 Å². The number of nitrogens with zero attached hydrogens (tertiary/aromatic N) is 2. The maximum atomic E-state index is 11.9. The molecule has 0 atom stereocenters. The van der Waals surface area contributed by atoms with E-state index in [0.717, 1.165) is 10.8 Å². The standard InChI is InChI=1S/C12H15N5O/c1-17(2)16-12(18)10-7-8-5-3-4-6-9(8)11(14-10)15-13/h3-7H,13H2,1-2H3,(H,14,15)(H,16,18). The Bertz CT molecular complexity index is 582. The van der Waals surface area contributed by atoms with E-state index < -0.39 is 0 Å². The lowest BCUT2D eigenvalue weighted by molar-refractivity contribution is 0.0852. The van der Waals surface area contributed by atoms with Crippen molar-refractivity contribution in [2.24, 2.45) is 5.84 Å². The number of amides is 1. The summed E-state index contributed by atoms with van der Waals surface area (Å²) in [6, 6.07) is 9.32. The number of fused-ring (bicyclic) bond motifs is 1. The highest BCUT2D eigenvalue weighted by Gasteiger charge is 2.11. The molecule has 18 heavy (non-hydrogen) atoms. The van der Waals surface area contributed by atoms with Gasteiger partial charge in [-0.1, -0.05) is 24.3 Å². The van der Waals surface area contributed by atoms with Crippen molar-refractivity contribution in [3.8, 4) is 0 Å². The summed E-state index contributed by atoms with van der Waals surface area (Å²) in [7, 11) is 3.47. The first kappa shape index (κ1) is 12.3. The molecule has 0 saturated heterocycles. The molecule has 6 nitrogen and oxygen atoms in total. The first-order chi connectivity index (χ1) is 8.61. The van der Waals surface area contributed by atoms with Gasteiger partial charge in [0.1, 0.15) is 11.5 Å². The zero-order valence-electron chi connectivity index (χ0n) is 10.3. The Morgan fingerprint density at radius 3 is 2.72 bits per heavy atom. The number of nitrogens with two attached hydrogens (primary N) is 1. The maximum absolute atomic E-state index is 11.9. The van der Waals surface area contributed by atoms with Crippen molar-refractivity contribution in [1.29, 1.82) is 0 Å². The molecule has 0 aliphatic rings. The number of carbonyl (C=O) groups is 1. The molecule has 0 fully saturated rings. The molecule has 6 heteroatoms. The van der Waals surface area contributed by atoms with Crippen LogP contribution in [0.4, 0.5) is 5.82 Å². The zero-order chi connectivity index (χ0) is 13.1. The molecule has 0 radical (unpaired) electrons. The van der Waals surface area contributed by atoms with Crippen LogP contribution in [0.15, 0.2) is 30.3 Å². The highest BCUT2D eigenvalue weighted by molar-refractivity contribution is 6.00. The molecule has 0 aliphatic carbocycles. The van der Waals surface area contributed by atoms with Crippen LogP contribution in [0, 0.1) is 0 Å². The molecule has 1 heterocycles. The molecular formula is C12H15N5O. The van der Waals surface area contributed by atoms with Gasteiger partial charge in [0.2, 0.25) is 0 Å². The van der Waals surface area contributed by atoms with Crippen LogP contribution in [0.3, 0.4) is 0 Å². The maximum Gasteiger partial charge on any atom is 0.284 e. The van der Waals surface area contributed by atoms with Crippen LogP contribution in [0.2, 0.25) is 0 Å². The minimum Gasteiger partial charge on any atom is -0.308 e. The Kier molecular flexibility index (Phi) is 3.40. The molecule has 1 aromatic carbocycles. The largest absolute Gasteiger partial charge is 0.308 e. The molecule has 0 unspecified atom stereocenters. The summed E-state index contributed by atoms with van der Waals surface area (Å²) in [5.41, 5.74) is 5.47. The average Bonchev–Trinajstić information content (AvgIpc) is 2.36. The number of aromatic nitrogens is 1. The first-order valence-corrected chi connectivity index (χ1v) is 5.46. The number of pyridine rings is 1. The van der Waals surface area contributed by atoms with Gasteiger partial charge >= 0.3 is 0 Å². The predicted octanol–water partition coefficient (Wildman–Crippen LogP) is 0.727. The summed E-state index contributed by atoms with van der Waals surface area (Å²) >= 11 is 0. The summed E-state index contributed by atoms with van der Waals surface area (Å²) < 4.78 is 0. The van der Waals surface area contributed by atoms with Crippen LogP contribution in [-0.2, 0) is 0 Å². The number of nitrogens with one attached hydrogen (secondary N) is 2. The second-order valence-corrected chi connectivity index (χ2v) is 4.06. The van der Waals surface area contributed by atoms with E-state index >= 15 is 0 Å². The highest BCUT2D eigenvalue weighted by atomic mass is 16.2. The van der Waals surface area contributed by atoms with E-state index in [0.29, 0.717) is 11.5 Å². The van der Waals surface area contributed by atoms with Gasteiger partial charge < -0.3 is 5.43 Å². The summed E-state index contributed by atoms with van der Waals surface area (Å²) in [6.07, 6.45) is 0. The molecule has 2 rings (SSSR count). The summed E-state index contributed by atoms with van der Waals surface area (Å²) in [6.45, 7) is 0. The molecule has 1 amide bonds. The van der Waals surface area contributed by atoms with Crippen LogP contribution >= 0.6 is 0 Å². The van der Waals surface area contributed by atoms with E-state index in [1.165, 1.54) is 0 Å². The third kappa shape index (κ3) is 2.39. The lowest BCUT2D eigenvalue weighted by Crippen LogP contribution is -2.36. The fourth-order valence-corrected chi connectivity index (χ4v) is 1.69. The molecule has 0 saturated carbocycles. The topological polar surface area (TPSA) is 83.3 Å². The van der Waals surface area contributed by atoms with Gasteiger partial charge in [0, 0.05) is 19.5 Å². The third-order valence-corrected chi connectivity index (χ3v) is 2.43. The normalized spacial score (nSPS) is 10.7. The molecule has 0 spiro atoms. The molecule has 94 valence electrons. The molecule has 0 aliphatic heterocycles. The number of hydrogen-bond donors (Lipinski definition) is 3. The van der Waals surface area contributed by atoms with Crippen molar-refractivity contribution >= 4 is 22.5 Å². The average molecular weight is 245 g/mol. The second-order valence-electron chi connectivity index (χ2n) is 4.06. The SMILES string of the molecule is CN(C)NC(=O)c1cc2ccccc2c(NN)n1. The van der Waals surface area contributed by atoms with Crippen molar-refractivity contribution in [1.82, 2.24) is 15.4 Å². The number of anilines is 1. The Morgan fingerprint density at radius 1 is 1.33 bits per heavy atom. The van der Waals surface area contributed by atoms with Gasteiger partial charge in [-0.25, -0.2) is 15.8 Å². The number of rotatable bonds is 3. The minimum atomic E-state index is -0.276. The second kappa shape index (κ2) is 4.99. The first-order valence-electron chi connectivity index (χ1n) is 5.46. The van der Waals surface area contributed by atoms with E-state index in [9.17, 15) is 4.79 Å². The number of benzene rings is 1. The van der Waals surface area contributed by atoms with Crippen molar-refractivity contribution in [3.63, 3.8) is 0 Å². The van der Waals surface area contributed by atoms with E-state index in [-0.39, 0.29) is 5.91 Å². The van der Waals surface area contributed by atoms with Crippen LogP contribution < -0.4 is 16.7 Å². The monoisotopic (exact) mass is 245 g/mol. The summed E-state index contributed by atoms with van der Waals surface area (Å²) in [5.74, 6) is 5.64. The van der Waals surface area contributed by atoms with Gasteiger partial charge in [-0.3, -0.25) is 10.2 Å². The molecule has 1 aromatic heterocycles. The molecular weight excluding hydrogens is 230 g/mol. The van der Waals surface area contributed by atoms with Gasteiger partial charge in [0.25, 0.3) is 5.91 Å². The van der Waals surface area contributed by atoms with Gasteiger partial charge in [-0.2, -0.15) is 0 Å². The quantitative estimate of drug-likeness (QED) is 0.548. The smallest absolute Gasteiger partial charge is 0.284 e. The van der Waals surface area contributed by atoms with Gasteiger partial charge in [0.05, 0.1) is 0 Å². The van der Waals surface area contributed by atoms with Gasteiger partial charge in [-0.05, 0) is 11.5 Å². The number of carbonyl (C=O) groups excluding carboxylic acids is 1. The molecule has 0 bridgehead atoms. The Labute approximate surface area is 105 Å². The lowest BCUT2D eigenvalue weighted by Gasteiger charge is -2.13. The van der Waals surface area contributed by atoms with Crippen molar-refractivity contribution in [2.75, 3.05) is 19.5 Å². The van der Waals surface area contributed by atoms with Crippen LogP contribution in [-0.4, -0.2) is 30.0 Å². The minimum absolute atomic E-state index is 0.276. The van der Waals surface area contributed by atoms with E-state index in [1.807, 2.05) is 24.3 Å². The van der Waals surface area contributed by atoms with E-state index in [1.54, 1.807) is 25.2 Å². The molecule has 4 N–H and O–H groups in total. The van der Waals surface area contributed by atoms with Crippen molar-refractivity contribution < 1.29 is 4.79 Å². The number of hydrogen-bond acceptors (Lipinski definition) is 5.